The smallest absolute Gasteiger partial charge is 0.410 e. The molecule has 0 saturated carbocycles. The molecule has 43 heavy (non-hydrogen) atoms. The van der Waals surface area contributed by atoms with E-state index in [9.17, 15) is 14.0 Å². The summed E-state index contributed by atoms with van der Waals surface area (Å²) in [6.07, 6.45) is 3.30. The lowest BCUT2D eigenvalue weighted by molar-refractivity contribution is -0.122. The van der Waals surface area contributed by atoms with Gasteiger partial charge in [0.15, 0.2) is 0 Å². The molecule has 1 aromatic heterocycles. The van der Waals surface area contributed by atoms with Gasteiger partial charge in [-0.15, -0.1) is 0 Å². The number of hydrogen-bond acceptors (Lipinski definition) is 8. The third kappa shape index (κ3) is 6.78. The molecular formula is C32H42FN5O5. The van der Waals surface area contributed by atoms with Crippen molar-refractivity contribution in [2.24, 2.45) is 0 Å². The molecule has 1 aromatic carbocycles. The lowest BCUT2D eigenvalue weighted by Gasteiger charge is -2.47. The van der Waals surface area contributed by atoms with E-state index in [1.54, 1.807) is 23.2 Å². The number of piperazine rings is 1. The van der Waals surface area contributed by atoms with Gasteiger partial charge in [0.1, 0.15) is 23.7 Å². The SMILES string of the molecule is C[C@@H]1CN(CC(=O)N2CCOc3ncc(Cc4ccc(F)cc4)cc32)[C@@H](CN2C[C@H]3C[C@@H]2CO3)CN1C(=O)OC(C)(C)C. The number of fused-ring (bicyclic) bond motifs is 3. The molecule has 10 nitrogen and oxygen atoms in total. The first-order valence-corrected chi connectivity index (χ1v) is 15.3. The van der Waals surface area contributed by atoms with Gasteiger partial charge < -0.3 is 24.0 Å². The molecule has 6 rings (SSSR count). The molecular weight excluding hydrogens is 553 g/mol. The Morgan fingerprint density at radius 3 is 2.58 bits per heavy atom. The predicted octanol–water partition coefficient (Wildman–Crippen LogP) is 3.32. The summed E-state index contributed by atoms with van der Waals surface area (Å²) in [5, 5.41) is 0. The molecule has 0 N–H and O–H groups in total. The summed E-state index contributed by atoms with van der Waals surface area (Å²) in [6, 6.07) is 8.59. The fourth-order valence-corrected chi connectivity index (χ4v) is 6.62. The van der Waals surface area contributed by atoms with Crippen molar-refractivity contribution in [2.75, 3.05) is 57.4 Å². The number of anilines is 1. The molecule has 0 unspecified atom stereocenters. The van der Waals surface area contributed by atoms with Gasteiger partial charge in [0.2, 0.25) is 11.8 Å². The average Bonchev–Trinajstić information content (AvgIpc) is 3.58. The number of amides is 2. The van der Waals surface area contributed by atoms with Crippen molar-refractivity contribution < 1.29 is 28.2 Å². The molecule has 4 aliphatic rings. The molecule has 3 fully saturated rings. The van der Waals surface area contributed by atoms with Crippen LogP contribution in [-0.4, -0.2) is 114 Å². The minimum Gasteiger partial charge on any atom is -0.474 e. The number of benzene rings is 1. The number of likely N-dealkylation sites (tertiary alicyclic amines) is 1. The minimum atomic E-state index is -0.585. The number of rotatable bonds is 6. The highest BCUT2D eigenvalue weighted by molar-refractivity contribution is 5.96. The van der Waals surface area contributed by atoms with Gasteiger partial charge in [-0.1, -0.05) is 12.1 Å². The molecule has 3 saturated heterocycles. The lowest BCUT2D eigenvalue weighted by Crippen LogP contribution is -2.64. The zero-order valence-electron chi connectivity index (χ0n) is 25.5. The Bertz CT molecular complexity index is 1330. The maximum Gasteiger partial charge on any atom is 0.410 e. The Morgan fingerprint density at radius 1 is 1.09 bits per heavy atom. The van der Waals surface area contributed by atoms with E-state index >= 15 is 0 Å². The predicted molar refractivity (Wildman–Crippen MR) is 159 cm³/mol. The van der Waals surface area contributed by atoms with E-state index < -0.39 is 5.60 Å². The summed E-state index contributed by atoms with van der Waals surface area (Å²) < 4.78 is 30.8. The van der Waals surface area contributed by atoms with Crippen LogP contribution >= 0.6 is 0 Å². The third-order valence-electron chi connectivity index (χ3n) is 8.74. The van der Waals surface area contributed by atoms with E-state index in [-0.39, 0.29) is 42.6 Å². The fraction of sp³-hybridized carbons (Fsp3) is 0.594. The Labute approximate surface area is 252 Å². The Kier molecular flexibility index (Phi) is 8.32. The van der Waals surface area contributed by atoms with Gasteiger partial charge in [-0.2, -0.15) is 0 Å². The highest BCUT2D eigenvalue weighted by atomic mass is 19.1. The maximum atomic E-state index is 14.0. The summed E-state index contributed by atoms with van der Waals surface area (Å²) in [5.74, 6) is 0.136. The van der Waals surface area contributed by atoms with Crippen molar-refractivity contribution in [1.82, 2.24) is 19.7 Å². The summed E-state index contributed by atoms with van der Waals surface area (Å²) >= 11 is 0. The first-order chi connectivity index (χ1) is 20.5. The van der Waals surface area contributed by atoms with Crippen LogP contribution in [0.4, 0.5) is 14.9 Å². The van der Waals surface area contributed by atoms with Crippen LogP contribution in [0.5, 0.6) is 5.88 Å². The zero-order valence-corrected chi connectivity index (χ0v) is 25.5. The highest BCUT2D eigenvalue weighted by Gasteiger charge is 2.43. The van der Waals surface area contributed by atoms with Crippen LogP contribution in [0, 0.1) is 5.82 Å². The molecule has 2 amide bonds. The number of hydrogen-bond donors (Lipinski definition) is 0. The van der Waals surface area contributed by atoms with E-state index in [0.717, 1.165) is 37.2 Å². The minimum absolute atomic E-state index is 0.0283. The van der Waals surface area contributed by atoms with Crippen molar-refractivity contribution in [3.05, 3.63) is 53.5 Å². The number of carbonyl (C=O) groups excluding carboxylic acids is 2. The third-order valence-corrected chi connectivity index (χ3v) is 8.74. The van der Waals surface area contributed by atoms with Crippen LogP contribution in [0.25, 0.3) is 0 Å². The molecule has 0 radical (unpaired) electrons. The van der Waals surface area contributed by atoms with Gasteiger partial charge in [-0.3, -0.25) is 14.6 Å². The number of carbonyl (C=O) groups is 2. The van der Waals surface area contributed by atoms with Gasteiger partial charge in [0, 0.05) is 50.5 Å². The van der Waals surface area contributed by atoms with E-state index in [4.69, 9.17) is 14.2 Å². The summed E-state index contributed by atoms with van der Waals surface area (Å²) in [5.41, 5.74) is 1.94. The van der Waals surface area contributed by atoms with Crippen LogP contribution in [0.1, 0.15) is 45.2 Å². The van der Waals surface area contributed by atoms with Crippen LogP contribution in [-0.2, 0) is 20.7 Å². The second-order valence-corrected chi connectivity index (χ2v) is 13.2. The highest BCUT2D eigenvalue weighted by Crippen LogP contribution is 2.32. The van der Waals surface area contributed by atoms with Gasteiger partial charge in [-0.05, 0) is 69.9 Å². The number of morpholine rings is 1. The Balaban J connectivity index is 1.19. The second kappa shape index (κ2) is 12.0. The van der Waals surface area contributed by atoms with Crippen molar-refractivity contribution in [3.63, 3.8) is 0 Å². The molecule has 232 valence electrons. The standard InChI is InChI=1S/C32H42FN5O5/c1-21-15-35(26(16-36-18-27-13-25(36)20-42-27)17-38(21)31(40)43-32(2,3)4)19-29(39)37-9-10-41-30-28(37)12-23(14-34-30)11-22-5-7-24(33)8-6-22/h5-8,12,14,21,25-27H,9-11,13,15-20H2,1-4H3/t21-,25-,26+,27-/m1/s1. The average molecular weight is 596 g/mol. The van der Waals surface area contributed by atoms with Crippen LogP contribution in [0.3, 0.4) is 0 Å². The van der Waals surface area contributed by atoms with Crippen LogP contribution in [0.15, 0.2) is 36.5 Å². The first-order valence-electron chi connectivity index (χ1n) is 15.3. The molecule has 5 heterocycles. The number of pyridine rings is 1. The second-order valence-electron chi connectivity index (χ2n) is 13.2. The number of aromatic nitrogens is 1. The molecule has 4 aliphatic heterocycles. The molecule has 0 spiro atoms. The monoisotopic (exact) mass is 595 g/mol. The van der Waals surface area contributed by atoms with Crippen LogP contribution < -0.4 is 9.64 Å². The maximum absolute atomic E-state index is 14.0. The summed E-state index contributed by atoms with van der Waals surface area (Å²) in [4.78, 5) is 39.9. The lowest BCUT2D eigenvalue weighted by atomic mass is 10.1. The van der Waals surface area contributed by atoms with Gasteiger partial charge in [0.05, 0.1) is 25.8 Å². The van der Waals surface area contributed by atoms with E-state index in [1.165, 1.54) is 12.1 Å². The van der Waals surface area contributed by atoms with Crippen molar-refractivity contribution in [3.8, 4) is 5.88 Å². The van der Waals surface area contributed by atoms with Gasteiger partial charge >= 0.3 is 6.09 Å². The molecule has 0 aliphatic carbocycles. The van der Waals surface area contributed by atoms with E-state index in [1.807, 2.05) is 38.7 Å². The Morgan fingerprint density at radius 2 is 1.88 bits per heavy atom. The van der Waals surface area contributed by atoms with Crippen LogP contribution in [0.2, 0.25) is 0 Å². The van der Waals surface area contributed by atoms with E-state index in [0.29, 0.717) is 50.3 Å². The molecule has 11 heteroatoms. The topological polar surface area (TPSA) is 87.7 Å². The van der Waals surface area contributed by atoms with Crippen molar-refractivity contribution in [2.45, 2.75) is 70.4 Å². The summed E-state index contributed by atoms with van der Waals surface area (Å²) in [7, 11) is 0. The van der Waals surface area contributed by atoms with E-state index in [2.05, 4.69) is 14.8 Å². The first kappa shape index (κ1) is 29.8. The molecule has 2 bridgehead atoms. The van der Waals surface area contributed by atoms with Gasteiger partial charge in [-0.25, -0.2) is 14.2 Å². The Hall–Kier alpha value is -3.28. The number of halogens is 1. The largest absolute Gasteiger partial charge is 0.474 e. The van der Waals surface area contributed by atoms with Crippen molar-refractivity contribution >= 4 is 17.7 Å². The number of ether oxygens (including phenoxy) is 3. The van der Waals surface area contributed by atoms with Gasteiger partial charge in [0.25, 0.3) is 0 Å². The normalized spacial score (nSPS) is 25.9. The molecule has 4 atom stereocenters. The van der Waals surface area contributed by atoms with Crippen molar-refractivity contribution in [1.29, 1.82) is 0 Å². The molecule has 2 aromatic rings. The quantitative estimate of drug-likeness (QED) is 0.503. The summed E-state index contributed by atoms with van der Waals surface area (Å²) in [6.45, 7) is 12.1. The fourth-order valence-electron chi connectivity index (χ4n) is 6.62. The number of nitrogens with zero attached hydrogens (tertiary/aromatic N) is 5. The zero-order chi connectivity index (χ0) is 30.3.